The molecule has 0 bridgehead atoms. The molecule has 2 heteroatoms. The van der Waals surface area contributed by atoms with Crippen molar-refractivity contribution in [1.82, 2.24) is 4.90 Å². The third-order valence-electron chi connectivity index (χ3n) is 3.96. The van der Waals surface area contributed by atoms with Crippen LogP contribution in [-0.4, -0.2) is 25.0 Å². The van der Waals surface area contributed by atoms with Crippen LogP contribution < -0.4 is 0 Å². The van der Waals surface area contributed by atoms with Crippen LogP contribution in [0.2, 0.25) is 0 Å². The van der Waals surface area contributed by atoms with Gasteiger partial charge in [-0.3, -0.25) is 6.08 Å². The number of hydrogen-bond acceptors (Lipinski definition) is 1. The molecule has 2 unspecified atom stereocenters. The molecule has 0 N–H and O–H groups in total. The average Bonchev–Trinajstić information content (AvgIpc) is 2.30. The molecule has 2 atom stereocenters. The van der Waals surface area contributed by atoms with Crippen molar-refractivity contribution < 1.29 is 21.7 Å². The zero-order valence-corrected chi connectivity index (χ0v) is 12.6. The summed E-state index contributed by atoms with van der Waals surface area (Å²) in [6.45, 7) is 11.1. The van der Waals surface area contributed by atoms with Crippen LogP contribution in [0.3, 0.4) is 0 Å². The third-order valence-corrected chi connectivity index (χ3v) is 3.96. The Morgan fingerprint density at radius 1 is 1.20 bits per heavy atom. The van der Waals surface area contributed by atoms with E-state index in [9.17, 15) is 0 Å². The molecule has 0 aromatic carbocycles. The van der Waals surface area contributed by atoms with Gasteiger partial charge in [0, 0.05) is 27.8 Å². The summed E-state index contributed by atoms with van der Waals surface area (Å²) in [7, 11) is 4.27. The maximum absolute atomic E-state index is 3.61. The average molecular weight is 240 g/mol. The van der Waals surface area contributed by atoms with Gasteiger partial charge in [-0.25, -0.2) is 5.57 Å². The van der Waals surface area contributed by atoms with Crippen molar-refractivity contribution in [3.63, 3.8) is 0 Å². The van der Waals surface area contributed by atoms with Crippen molar-refractivity contribution in [3.8, 4) is 0 Å². The van der Waals surface area contributed by atoms with Gasteiger partial charge in [0.25, 0.3) is 0 Å². The molecule has 0 saturated carbocycles. The Morgan fingerprint density at radius 2 is 1.67 bits per heavy atom. The summed E-state index contributed by atoms with van der Waals surface area (Å²) in [4.78, 5) is 2.27. The van der Waals surface area contributed by atoms with E-state index in [0.29, 0.717) is 6.04 Å². The second-order valence-electron chi connectivity index (χ2n) is 4.84. The molecule has 0 aromatic heterocycles. The van der Waals surface area contributed by atoms with Gasteiger partial charge >= 0.3 is 0 Å². The molecule has 1 aliphatic rings. The monoisotopic (exact) mass is 240 g/mol. The van der Waals surface area contributed by atoms with Gasteiger partial charge in [-0.2, -0.15) is 11.1 Å². The Balaban J connectivity index is 0.00000196. The molecule has 0 fully saturated rings. The normalized spacial score (nSPS) is 27.9. The van der Waals surface area contributed by atoms with E-state index in [2.05, 4.69) is 59.7 Å². The predicted molar refractivity (Wildman–Crippen MR) is 62.1 cm³/mol. The molecule has 15 heavy (non-hydrogen) atoms. The van der Waals surface area contributed by atoms with Crippen molar-refractivity contribution in [1.29, 1.82) is 0 Å². The Morgan fingerprint density at radius 3 is 1.93 bits per heavy atom. The number of hydrogen-bond donors (Lipinski definition) is 0. The van der Waals surface area contributed by atoms with Crippen LogP contribution in [-0.2, 0) is 21.7 Å². The fourth-order valence-corrected chi connectivity index (χ4v) is 2.18. The van der Waals surface area contributed by atoms with Gasteiger partial charge in [0.1, 0.15) is 0 Å². The van der Waals surface area contributed by atoms with Crippen LogP contribution in [0.5, 0.6) is 0 Å². The van der Waals surface area contributed by atoms with E-state index in [1.165, 1.54) is 16.7 Å². The molecule has 0 aromatic rings. The van der Waals surface area contributed by atoms with Crippen molar-refractivity contribution in [2.45, 2.75) is 40.7 Å². The summed E-state index contributed by atoms with van der Waals surface area (Å²) in [5.41, 5.74) is 4.30. The first-order valence-electron chi connectivity index (χ1n) is 5.27. The van der Waals surface area contributed by atoms with E-state index in [1.54, 1.807) is 0 Å². The molecule has 1 rings (SSSR count). The Kier molecular flexibility index (Phi) is 5.04. The summed E-state index contributed by atoms with van der Waals surface area (Å²) in [5.74, 6) is 0. The number of nitrogens with zero attached hydrogens (tertiary/aromatic N) is 1. The molecule has 0 saturated heterocycles. The smallest absolute Gasteiger partial charge is 0.00109 e. The van der Waals surface area contributed by atoms with Crippen LogP contribution in [0.4, 0.5) is 0 Å². The maximum Gasteiger partial charge on any atom is 0.00109 e. The van der Waals surface area contributed by atoms with E-state index >= 15 is 0 Å². The van der Waals surface area contributed by atoms with Crippen molar-refractivity contribution in [3.05, 3.63) is 22.8 Å². The fraction of sp³-hybridized carbons (Fsp3) is 0.692. The largest absolute Gasteiger partial charge is 0.307 e. The van der Waals surface area contributed by atoms with Gasteiger partial charge in [0.05, 0.1) is 0 Å². The van der Waals surface area contributed by atoms with Gasteiger partial charge in [0.15, 0.2) is 0 Å². The van der Waals surface area contributed by atoms with E-state index in [0.717, 1.165) is 0 Å². The van der Waals surface area contributed by atoms with Crippen molar-refractivity contribution in [2.75, 3.05) is 14.1 Å². The van der Waals surface area contributed by atoms with E-state index < -0.39 is 0 Å². The van der Waals surface area contributed by atoms with Gasteiger partial charge in [-0.05, 0) is 21.0 Å². The first-order valence-corrected chi connectivity index (χ1v) is 5.27. The molecule has 1 aliphatic carbocycles. The van der Waals surface area contributed by atoms with Gasteiger partial charge in [-0.1, -0.05) is 26.2 Å². The van der Waals surface area contributed by atoms with Crippen LogP contribution in [0.1, 0.15) is 34.6 Å². The summed E-state index contributed by atoms with van der Waals surface area (Å²) < 4.78 is 0. The Bertz CT molecular complexity index is 302. The zero-order valence-electron chi connectivity index (χ0n) is 11.0. The first kappa shape index (κ1) is 15.2. The third kappa shape index (κ3) is 2.46. The summed E-state index contributed by atoms with van der Waals surface area (Å²) in [6.07, 6.45) is 3.61. The summed E-state index contributed by atoms with van der Waals surface area (Å²) >= 11 is 0. The maximum atomic E-state index is 3.61. The molecule has 0 heterocycles. The van der Waals surface area contributed by atoms with Crippen molar-refractivity contribution >= 4 is 0 Å². The molecule has 0 radical (unpaired) electrons. The second-order valence-corrected chi connectivity index (χ2v) is 4.84. The quantitative estimate of drug-likeness (QED) is 0.529. The molecule has 0 amide bonds. The molecule has 1 nitrogen and oxygen atoms in total. The minimum atomic E-state index is 0. The van der Waals surface area contributed by atoms with Crippen LogP contribution in [0.15, 0.2) is 16.7 Å². The minimum absolute atomic E-state index is 0. The second kappa shape index (κ2) is 4.99. The van der Waals surface area contributed by atoms with Crippen molar-refractivity contribution in [2.24, 2.45) is 5.41 Å². The van der Waals surface area contributed by atoms with Crippen LogP contribution in [0, 0.1) is 11.5 Å². The fourth-order valence-electron chi connectivity index (χ4n) is 2.18. The van der Waals surface area contributed by atoms with Gasteiger partial charge in [0.2, 0.25) is 0 Å². The van der Waals surface area contributed by atoms with E-state index in [4.69, 9.17) is 0 Å². The van der Waals surface area contributed by atoms with Gasteiger partial charge < -0.3 is 4.90 Å². The van der Waals surface area contributed by atoms with E-state index in [1.807, 2.05) is 0 Å². The zero-order chi connectivity index (χ0) is 11.1. The molecule has 0 aliphatic heterocycles. The number of rotatable bonds is 2. The topological polar surface area (TPSA) is 3.24 Å². The molecule has 0 spiro atoms. The summed E-state index contributed by atoms with van der Waals surface area (Å²) in [5, 5.41) is 0. The SMILES string of the molecule is CC1=[C-]C(C)(C(C)N(C)C)C(C)=C1C.[Ti]. The number of allylic oxidation sites excluding steroid dienone is 2. The van der Waals surface area contributed by atoms with Crippen LogP contribution in [0.25, 0.3) is 0 Å². The van der Waals surface area contributed by atoms with Crippen LogP contribution >= 0.6 is 0 Å². The first-order chi connectivity index (χ1) is 6.30. The Hall–Kier alpha value is 0.154. The molecular weight excluding hydrogens is 218 g/mol. The van der Waals surface area contributed by atoms with E-state index in [-0.39, 0.29) is 27.1 Å². The predicted octanol–water partition coefficient (Wildman–Crippen LogP) is 3.04. The Labute approximate surface area is 109 Å². The molecule has 84 valence electrons. The molecular formula is C13H22NTi-. The summed E-state index contributed by atoms with van der Waals surface area (Å²) in [6, 6.07) is 0.495. The minimum Gasteiger partial charge on any atom is -0.307 e. The standard InChI is InChI=1S/C13H22N.Ti/c1-9-8-13(5,11(3)10(9)2)12(4)14(6)7;/h12H,1-7H3;/q-1;. The van der Waals surface area contributed by atoms with Gasteiger partial charge in [-0.15, -0.1) is 6.92 Å².